The molecular weight excluding hydrogens is 398 g/mol. The van der Waals surface area contributed by atoms with E-state index in [4.69, 9.17) is 4.74 Å². The second-order valence-corrected chi connectivity index (χ2v) is 8.64. The van der Waals surface area contributed by atoms with Crippen molar-refractivity contribution in [1.29, 1.82) is 0 Å². The predicted octanol–water partition coefficient (Wildman–Crippen LogP) is 5.51. The molecule has 0 aliphatic rings. The van der Waals surface area contributed by atoms with Crippen LogP contribution in [0.5, 0.6) is 5.75 Å². The zero-order chi connectivity index (χ0) is 22.5. The number of methoxy groups -OCH3 is 1. The van der Waals surface area contributed by atoms with Crippen molar-refractivity contribution in [2.24, 2.45) is 5.92 Å². The summed E-state index contributed by atoms with van der Waals surface area (Å²) in [6.07, 6.45) is 6.78. The maximum Gasteiger partial charge on any atom is 0.243 e. The number of H-pyrrole nitrogens is 1. The number of carbonyl (C=O) groups is 1. The molecular formula is C27H31N3O2. The SMILES string of the molecule is COc1ccc(C(CNC(=O)[C@@H](CC(C)C)n2cccc2)c2c[nH]c3ccccc23)cc1. The van der Waals surface area contributed by atoms with Crippen LogP contribution in [-0.4, -0.2) is 29.1 Å². The van der Waals surface area contributed by atoms with Gasteiger partial charge in [-0.3, -0.25) is 4.79 Å². The number of benzene rings is 2. The van der Waals surface area contributed by atoms with Crippen LogP contribution in [0.1, 0.15) is 43.4 Å². The molecule has 4 aromatic rings. The van der Waals surface area contributed by atoms with Crippen molar-refractivity contribution in [2.75, 3.05) is 13.7 Å². The van der Waals surface area contributed by atoms with Gasteiger partial charge in [-0.1, -0.05) is 44.2 Å². The normalized spacial score (nSPS) is 13.2. The maximum atomic E-state index is 13.3. The van der Waals surface area contributed by atoms with Crippen LogP contribution < -0.4 is 10.1 Å². The molecule has 4 rings (SSSR count). The lowest BCUT2D eigenvalue weighted by atomic mass is 9.90. The van der Waals surface area contributed by atoms with Gasteiger partial charge in [0.05, 0.1) is 7.11 Å². The zero-order valence-corrected chi connectivity index (χ0v) is 18.9. The number of rotatable bonds is 9. The van der Waals surface area contributed by atoms with Gasteiger partial charge in [0.2, 0.25) is 5.91 Å². The largest absolute Gasteiger partial charge is 0.497 e. The topological polar surface area (TPSA) is 59.0 Å². The van der Waals surface area contributed by atoms with Gasteiger partial charge < -0.3 is 19.6 Å². The second kappa shape index (κ2) is 9.77. The first-order chi connectivity index (χ1) is 15.6. The van der Waals surface area contributed by atoms with Gasteiger partial charge in [0, 0.05) is 42.0 Å². The summed E-state index contributed by atoms with van der Waals surface area (Å²) in [4.78, 5) is 16.7. The minimum Gasteiger partial charge on any atom is -0.497 e. The first-order valence-corrected chi connectivity index (χ1v) is 11.2. The fourth-order valence-corrected chi connectivity index (χ4v) is 4.31. The van der Waals surface area contributed by atoms with E-state index in [1.54, 1.807) is 7.11 Å². The second-order valence-electron chi connectivity index (χ2n) is 8.64. The van der Waals surface area contributed by atoms with Gasteiger partial charge in [-0.05, 0) is 53.8 Å². The summed E-state index contributed by atoms with van der Waals surface area (Å²) in [6, 6.07) is 20.1. The van der Waals surface area contributed by atoms with Crippen LogP contribution in [0, 0.1) is 5.92 Å². The Morgan fingerprint density at radius 3 is 2.44 bits per heavy atom. The Balaban J connectivity index is 1.62. The molecule has 0 aliphatic carbocycles. The van der Waals surface area contributed by atoms with Crippen LogP contribution in [0.4, 0.5) is 0 Å². The Morgan fingerprint density at radius 2 is 1.75 bits per heavy atom. The summed E-state index contributed by atoms with van der Waals surface area (Å²) in [6.45, 7) is 4.81. The third-order valence-electron chi connectivity index (χ3n) is 5.98. The van der Waals surface area contributed by atoms with Crippen LogP contribution in [0.3, 0.4) is 0 Å². The number of aromatic nitrogens is 2. The van der Waals surface area contributed by atoms with Crippen molar-refractivity contribution in [3.05, 3.63) is 90.4 Å². The van der Waals surface area contributed by atoms with Crippen LogP contribution in [0.25, 0.3) is 10.9 Å². The van der Waals surface area contributed by atoms with E-state index in [1.165, 1.54) is 10.9 Å². The molecule has 1 unspecified atom stereocenters. The first-order valence-electron chi connectivity index (χ1n) is 11.2. The third-order valence-corrected chi connectivity index (χ3v) is 5.98. The Bertz CT molecular complexity index is 1140. The Hall–Kier alpha value is -3.47. The molecule has 5 nitrogen and oxygen atoms in total. The van der Waals surface area contributed by atoms with Crippen LogP contribution in [0.2, 0.25) is 0 Å². The molecule has 0 saturated carbocycles. The summed E-state index contributed by atoms with van der Waals surface area (Å²) in [7, 11) is 1.67. The number of para-hydroxylation sites is 1. The average Bonchev–Trinajstić information content (AvgIpc) is 3.48. The number of carbonyl (C=O) groups excluding carboxylic acids is 1. The van der Waals surface area contributed by atoms with Crippen molar-refractivity contribution >= 4 is 16.8 Å². The van der Waals surface area contributed by atoms with E-state index in [0.29, 0.717) is 12.5 Å². The number of nitrogens with zero attached hydrogens (tertiary/aromatic N) is 1. The monoisotopic (exact) mass is 429 g/mol. The van der Waals surface area contributed by atoms with E-state index < -0.39 is 0 Å². The molecule has 32 heavy (non-hydrogen) atoms. The van der Waals surface area contributed by atoms with Crippen LogP contribution in [0.15, 0.2) is 79.3 Å². The smallest absolute Gasteiger partial charge is 0.243 e. The van der Waals surface area contributed by atoms with E-state index in [-0.39, 0.29) is 17.9 Å². The molecule has 1 amide bonds. The Kier molecular flexibility index (Phi) is 6.64. The third kappa shape index (κ3) is 4.72. The fraction of sp³-hybridized carbons (Fsp3) is 0.296. The fourth-order valence-electron chi connectivity index (χ4n) is 4.31. The van der Waals surface area contributed by atoms with E-state index in [2.05, 4.69) is 54.6 Å². The molecule has 5 heteroatoms. The lowest BCUT2D eigenvalue weighted by Crippen LogP contribution is -2.35. The molecule has 0 bridgehead atoms. The minimum absolute atomic E-state index is 0.0189. The zero-order valence-electron chi connectivity index (χ0n) is 18.9. The van der Waals surface area contributed by atoms with Crippen LogP contribution >= 0.6 is 0 Å². The molecule has 2 heterocycles. The van der Waals surface area contributed by atoms with Crippen molar-refractivity contribution < 1.29 is 9.53 Å². The molecule has 166 valence electrons. The van der Waals surface area contributed by atoms with Crippen molar-refractivity contribution in [1.82, 2.24) is 14.9 Å². The Labute approximate surface area is 189 Å². The lowest BCUT2D eigenvalue weighted by Gasteiger charge is -2.23. The number of aromatic amines is 1. The first kappa shape index (κ1) is 21.8. The van der Waals surface area contributed by atoms with Gasteiger partial charge in [0.1, 0.15) is 11.8 Å². The average molecular weight is 430 g/mol. The van der Waals surface area contributed by atoms with E-state index in [1.807, 2.05) is 53.4 Å². The van der Waals surface area contributed by atoms with Crippen molar-refractivity contribution in [3.8, 4) is 5.75 Å². The molecule has 0 radical (unpaired) electrons. The highest BCUT2D eigenvalue weighted by molar-refractivity contribution is 5.84. The number of hydrogen-bond donors (Lipinski definition) is 2. The number of ether oxygens (including phenoxy) is 1. The molecule has 2 aromatic heterocycles. The number of fused-ring (bicyclic) bond motifs is 1. The number of amides is 1. The molecule has 0 saturated heterocycles. The van der Waals surface area contributed by atoms with E-state index in [0.717, 1.165) is 23.3 Å². The van der Waals surface area contributed by atoms with Crippen molar-refractivity contribution in [3.63, 3.8) is 0 Å². The summed E-state index contributed by atoms with van der Waals surface area (Å²) in [5, 5.41) is 4.42. The van der Waals surface area contributed by atoms with Gasteiger partial charge in [0.15, 0.2) is 0 Å². The van der Waals surface area contributed by atoms with Gasteiger partial charge >= 0.3 is 0 Å². The maximum absolute atomic E-state index is 13.3. The highest BCUT2D eigenvalue weighted by Crippen LogP contribution is 2.31. The highest BCUT2D eigenvalue weighted by atomic mass is 16.5. The van der Waals surface area contributed by atoms with E-state index >= 15 is 0 Å². The summed E-state index contributed by atoms with van der Waals surface area (Å²) < 4.78 is 7.34. The highest BCUT2D eigenvalue weighted by Gasteiger charge is 2.24. The van der Waals surface area contributed by atoms with Crippen molar-refractivity contribution in [2.45, 2.75) is 32.2 Å². The molecule has 0 aliphatic heterocycles. The molecule has 2 atom stereocenters. The van der Waals surface area contributed by atoms with E-state index in [9.17, 15) is 4.79 Å². The summed E-state index contributed by atoms with van der Waals surface area (Å²) in [5.74, 6) is 1.30. The lowest BCUT2D eigenvalue weighted by molar-refractivity contribution is -0.124. The molecule has 0 spiro atoms. The molecule has 0 fully saturated rings. The predicted molar refractivity (Wildman–Crippen MR) is 129 cm³/mol. The number of nitrogens with one attached hydrogen (secondary N) is 2. The quantitative estimate of drug-likeness (QED) is 0.368. The van der Waals surface area contributed by atoms with Gasteiger partial charge in [-0.2, -0.15) is 0 Å². The molecule has 2 aromatic carbocycles. The standard InChI is InChI=1S/C27H31N3O2/c1-19(2)16-26(30-14-6-7-15-30)27(31)29-17-23(20-10-12-21(32-3)13-11-20)24-18-28-25-9-5-4-8-22(24)25/h4-15,18-19,23,26,28H,16-17H2,1-3H3,(H,29,31)/t23?,26-/m1/s1. The van der Waals surface area contributed by atoms with Gasteiger partial charge in [-0.15, -0.1) is 0 Å². The Morgan fingerprint density at radius 1 is 1.03 bits per heavy atom. The van der Waals surface area contributed by atoms with Crippen LogP contribution in [-0.2, 0) is 4.79 Å². The summed E-state index contributed by atoms with van der Waals surface area (Å²) in [5.41, 5.74) is 3.40. The van der Waals surface area contributed by atoms with Gasteiger partial charge in [0.25, 0.3) is 0 Å². The number of hydrogen-bond acceptors (Lipinski definition) is 2. The van der Waals surface area contributed by atoms with Gasteiger partial charge in [-0.25, -0.2) is 0 Å². The minimum atomic E-state index is -0.218. The molecule has 2 N–H and O–H groups in total. The summed E-state index contributed by atoms with van der Waals surface area (Å²) >= 11 is 0.